The molecule has 1 aliphatic carbocycles. The van der Waals surface area contributed by atoms with Gasteiger partial charge < -0.3 is 4.90 Å². The number of anilines is 3. The first kappa shape index (κ1) is 30.4. The summed E-state index contributed by atoms with van der Waals surface area (Å²) in [5.74, 6) is 0. The fourth-order valence-corrected chi connectivity index (χ4v) is 8.53. The molecule has 0 N–H and O–H groups in total. The molecule has 0 spiro atoms. The van der Waals surface area contributed by atoms with Gasteiger partial charge in [-0.2, -0.15) is 0 Å². The Kier molecular flexibility index (Phi) is 6.91. The lowest BCUT2D eigenvalue weighted by molar-refractivity contribution is 0.660. The lowest BCUT2D eigenvalue weighted by atomic mass is 9.82. The monoisotopic (exact) mass is 663 g/mol. The van der Waals surface area contributed by atoms with E-state index in [0.29, 0.717) is 0 Å². The van der Waals surface area contributed by atoms with Crippen molar-refractivity contribution in [2.45, 2.75) is 19.3 Å². The van der Waals surface area contributed by atoms with Crippen molar-refractivity contribution in [3.05, 3.63) is 199 Å². The number of rotatable bonds is 5. The van der Waals surface area contributed by atoms with Crippen molar-refractivity contribution >= 4 is 49.4 Å². The topological polar surface area (TPSA) is 3.24 Å². The molecule has 0 saturated heterocycles. The largest absolute Gasteiger partial charge is 0.310 e. The van der Waals surface area contributed by atoms with Gasteiger partial charge in [0.05, 0.1) is 0 Å². The van der Waals surface area contributed by atoms with Crippen LogP contribution >= 0.6 is 0 Å². The van der Waals surface area contributed by atoms with E-state index >= 15 is 0 Å². The smallest absolute Gasteiger partial charge is 0.0465 e. The van der Waals surface area contributed by atoms with E-state index in [2.05, 4.69) is 207 Å². The third kappa shape index (κ3) is 4.85. The van der Waals surface area contributed by atoms with E-state index in [0.717, 1.165) is 17.1 Å². The Morgan fingerprint density at radius 2 is 0.904 bits per heavy atom. The molecule has 1 nitrogen and oxygen atoms in total. The molecule has 246 valence electrons. The maximum atomic E-state index is 2.41. The van der Waals surface area contributed by atoms with Crippen LogP contribution in [0.2, 0.25) is 0 Å². The maximum absolute atomic E-state index is 2.41. The van der Waals surface area contributed by atoms with E-state index < -0.39 is 0 Å². The van der Waals surface area contributed by atoms with Crippen LogP contribution in [0.1, 0.15) is 25.0 Å². The van der Waals surface area contributed by atoms with Gasteiger partial charge in [0.25, 0.3) is 0 Å². The summed E-state index contributed by atoms with van der Waals surface area (Å²) in [4.78, 5) is 2.41. The summed E-state index contributed by atoms with van der Waals surface area (Å²) in [6.45, 7) is 4.71. The molecule has 0 radical (unpaired) electrons. The molecule has 9 aromatic carbocycles. The Hall–Kier alpha value is -6.44. The van der Waals surface area contributed by atoms with E-state index in [1.54, 1.807) is 0 Å². The zero-order valence-corrected chi connectivity index (χ0v) is 29.3. The minimum Gasteiger partial charge on any atom is -0.310 e. The van der Waals surface area contributed by atoms with Crippen LogP contribution in [0.15, 0.2) is 188 Å². The Morgan fingerprint density at radius 1 is 0.327 bits per heavy atom. The third-order valence-corrected chi connectivity index (χ3v) is 11.3. The van der Waals surface area contributed by atoms with Gasteiger partial charge in [0.1, 0.15) is 0 Å². The van der Waals surface area contributed by atoms with Gasteiger partial charge in [-0.3, -0.25) is 0 Å². The van der Waals surface area contributed by atoms with E-state index in [1.165, 1.54) is 76.8 Å². The zero-order chi connectivity index (χ0) is 34.8. The van der Waals surface area contributed by atoms with Crippen molar-refractivity contribution in [2.75, 3.05) is 4.90 Å². The average Bonchev–Trinajstić information content (AvgIpc) is 3.43. The first-order chi connectivity index (χ1) is 25.5. The first-order valence-corrected chi connectivity index (χ1v) is 18.2. The highest BCUT2D eigenvalue weighted by Crippen LogP contribution is 2.50. The molecule has 52 heavy (non-hydrogen) atoms. The second-order valence-corrected chi connectivity index (χ2v) is 14.6. The second-order valence-electron chi connectivity index (χ2n) is 14.6. The summed E-state index contributed by atoms with van der Waals surface area (Å²) in [6, 6.07) is 69.2. The number of benzene rings is 9. The molecule has 10 rings (SSSR count). The summed E-state index contributed by atoms with van der Waals surface area (Å²) in [5.41, 5.74) is 13.6. The maximum Gasteiger partial charge on any atom is 0.0465 e. The van der Waals surface area contributed by atoms with E-state index in [-0.39, 0.29) is 5.41 Å². The zero-order valence-electron chi connectivity index (χ0n) is 29.3. The van der Waals surface area contributed by atoms with Crippen LogP contribution in [-0.2, 0) is 5.41 Å². The van der Waals surface area contributed by atoms with E-state index in [1.807, 2.05) is 0 Å². The van der Waals surface area contributed by atoms with Gasteiger partial charge in [-0.15, -0.1) is 0 Å². The Bertz CT molecular complexity index is 2810. The molecular weight excluding hydrogens is 627 g/mol. The molecule has 0 atom stereocenters. The Balaban J connectivity index is 1.08. The van der Waals surface area contributed by atoms with Gasteiger partial charge in [0, 0.05) is 22.5 Å². The minimum atomic E-state index is -0.0874. The number of fused-ring (bicyclic) bond motifs is 7. The number of hydrogen-bond donors (Lipinski definition) is 0. The molecule has 0 heterocycles. The summed E-state index contributed by atoms with van der Waals surface area (Å²) in [5, 5.41) is 7.64. The summed E-state index contributed by atoms with van der Waals surface area (Å²) in [6.07, 6.45) is 0. The molecule has 0 aromatic heterocycles. The van der Waals surface area contributed by atoms with Crippen LogP contribution < -0.4 is 4.90 Å². The highest BCUT2D eigenvalue weighted by molar-refractivity contribution is 6.12. The molecule has 0 aliphatic heterocycles. The molecule has 9 aromatic rings. The highest BCUT2D eigenvalue weighted by atomic mass is 15.1. The number of nitrogens with zero attached hydrogens (tertiary/aromatic N) is 1. The molecule has 0 fully saturated rings. The van der Waals surface area contributed by atoms with Gasteiger partial charge in [-0.25, -0.2) is 0 Å². The summed E-state index contributed by atoms with van der Waals surface area (Å²) < 4.78 is 0. The molecule has 0 saturated carbocycles. The average molecular weight is 664 g/mol. The molecular formula is C51H37N. The van der Waals surface area contributed by atoms with Crippen molar-refractivity contribution in [3.8, 4) is 33.4 Å². The minimum absolute atomic E-state index is 0.0874. The fourth-order valence-electron chi connectivity index (χ4n) is 8.53. The van der Waals surface area contributed by atoms with Crippen LogP contribution in [0.25, 0.3) is 65.7 Å². The van der Waals surface area contributed by atoms with Crippen molar-refractivity contribution < 1.29 is 0 Å². The molecule has 1 aliphatic rings. The van der Waals surface area contributed by atoms with Gasteiger partial charge in [-0.05, 0) is 119 Å². The molecule has 1 heteroatoms. The Morgan fingerprint density at radius 3 is 1.71 bits per heavy atom. The standard InChI is InChI=1S/C51H37N/c1-51(2)49-17-8-7-14-47(49)48-31-29-42(33-50(48)51)52(40-25-20-35(21-26-40)39-19-18-34-10-3-4-12-38(34)32-39)41-27-22-37(23-28-41)44-15-9-16-45-43-13-6-5-11-36(43)24-30-46(44)45/h3-33H,1-2H3. The highest BCUT2D eigenvalue weighted by Gasteiger charge is 2.35. The van der Waals surface area contributed by atoms with Gasteiger partial charge in [0.2, 0.25) is 0 Å². The molecule has 0 bridgehead atoms. The predicted octanol–water partition coefficient (Wildman–Crippen LogP) is 14.3. The molecule has 0 amide bonds. The normalized spacial score (nSPS) is 13.0. The predicted molar refractivity (Wildman–Crippen MR) is 222 cm³/mol. The van der Waals surface area contributed by atoms with Crippen LogP contribution in [0, 0.1) is 0 Å². The van der Waals surface area contributed by atoms with Crippen LogP contribution in [-0.4, -0.2) is 0 Å². The lowest BCUT2D eigenvalue weighted by Gasteiger charge is -2.28. The third-order valence-electron chi connectivity index (χ3n) is 11.3. The second kappa shape index (κ2) is 11.8. The van der Waals surface area contributed by atoms with Crippen molar-refractivity contribution in [1.82, 2.24) is 0 Å². The SMILES string of the molecule is CC1(C)c2ccccc2-c2ccc(N(c3ccc(-c4ccc5ccccc5c4)cc3)c3ccc(-c4cccc5c4ccc4ccccc45)cc3)cc21. The first-order valence-electron chi connectivity index (χ1n) is 18.2. The van der Waals surface area contributed by atoms with Crippen molar-refractivity contribution in [1.29, 1.82) is 0 Å². The fraction of sp³-hybridized carbons (Fsp3) is 0.0588. The van der Waals surface area contributed by atoms with Gasteiger partial charge >= 0.3 is 0 Å². The quantitative estimate of drug-likeness (QED) is 0.166. The van der Waals surface area contributed by atoms with Crippen molar-refractivity contribution in [3.63, 3.8) is 0 Å². The van der Waals surface area contributed by atoms with Gasteiger partial charge in [0.15, 0.2) is 0 Å². The summed E-state index contributed by atoms with van der Waals surface area (Å²) >= 11 is 0. The van der Waals surface area contributed by atoms with Crippen LogP contribution in [0.4, 0.5) is 17.1 Å². The van der Waals surface area contributed by atoms with E-state index in [4.69, 9.17) is 0 Å². The number of hydrogen-bond acceptors (Lipinski definition) is 1. The van der Waals surface area contributed by atoms with Crippen LogP contribution in [0.5, 0.6) is 0 Å². The lowest BCUT2D eigenvalue weighted by Crippen LogP contribution is -2.16. The van der Waals surface area contributed by atoms with Crippen molar-refractivity contribution in [2.24, 2.45) is 0 Å². The Labute approximate surface area is 305 Å². The summed E-state index contributed by atoms with van der Waals surface area (Å²) in [7, 11) is 0. The van der Waals surface area contributed by atoms with E-state index in [9.17, 15) is 0 Å². The molecule has 0 unspecified atom stereocenters. The van der Waals surface area contributed by atoms with Crippen LogP contribution in [0.3, 0.4) is 0 Å². The van der Waals surface area contributed by atoms with Gasteiger partial charge in [-0.1, -0.05) is 159 Å².